The van der Waals surface area contributed by atoms with Crippen LogP contribution in [0.1, 0.15) is 13.3 Å². The van der Waals surface area contributed by atoms with E-state index in [9.17, 15) is 14.4 Å². The van der Waals surface area contributed by atoms with Gasteiger partial charge in [-0.05, 0) is 12.5 Å². The van der Waals surface area contributed by atoms with Gasteiger partial charge in [0.15, 0.2) is 0 Å². The summed E-state index contributed by atoms with van der Waals surface area (Å²) in [4.78, 5) is 40.4. The van der Waals surface area contributed by atoms with E-state index in [1.54, 1.807) is 6.07 Å². The highest BCUT2D eigenvalue weighted by molar-refractivity contribution is 5.88. The zero-order valence-corrected chi connectivity index (χ0v) is 10.7. The van der Waals surface area contributed by atoms with Crippen molar-refractivity contribution in [3.05, 3.63) is 28.9 Å². The van der Waals surface area contributed by atoms with Gasteiger partial charge in [-0.15, -0.1) is 0 Å². The van der Waals surface area contributed by atoms with Gasteiger partial charge < -0.3 is 10.2 Å². The standard InChI is InChI=1S/C12H16N4O3/c1-2-9-11(18)13-5-7-16(9)10(17)8-15-6-3-4-14-12(15)19/h3-4,6,9H,2,5,7-8H2,1H3,(H,13,18). The van der Waals surface area contributed by atoms with Gasteiger partial charge in [0.05, 0.1) is 0 Å². The van der Waals surface area contributed by atoms with Crippen molar-refractivity contribution in [1.82, 2.24) is 19.8 Å². The Balaban J connectivity index is 2.13. The Labute approximate surface area is 110 Å². The van der Waals surface area contributed by atoms with E-state index >= 15 is 0 Å². The molecule has 19 heavy (non-hydrogen) atoms. The van der Waals surface area contributed by atoms with Crippen LogP contribution in [0.2, 0.25) is 0 Å². The number of hydrogen-bond acceptors (Lipinski definition) is 4. The Morgan fingerprint density at radius 3 is 3.00 bits per heavy atom. The molecule has 1 aliphatic rings. The van der Waals surface area contributed by atoms with E-state index in [1.807, 2.05) is 6.92 Å². The zero-order chi connectivity index (χ0) is 13.8. The summed E-state index contributed by atoms with van der Waals surface area (Å²) < 4.78 is 1.24. The molecule has 7 heteroatoms. The fraction of sp³-hybridized carbons (Fsp3) is 0.500. The van der Waals surface area contributed by atoms with E-state index in [1.165, 1.54) is 21.9 Å². The number of nitrogens with one attached hydrogen (secondary N) is 1. The summed E-state index contributed by atoms with van der Waals surface area (Å²) in [6.07, 6.45) is 3.45. The van der Waals surface area contributed by atoms with Gasteiger partial charge in [0.25, 0.3) is 0 Å². The predicted octanol–water partition coefficient (Wildman–Crippen LogP) is -1.02. The molecule has 1 N–H and O–H groups in total. The lowest BCUT2D eigenvalue weighted by Gasteiger charge is -2.34. The maximum atomic E-state index is 12.2. The molecule has 7 nitrogen and oxygen atoms in total. The van der Waals surface area contributed by atoms with Crippen LogP contribution in [0.3, 0.4) is 0 Å². The second-order valence-corrected chi connectivity index (χ2v) is 4.33. The number of carbonyl (C=O) groups excluding carboxylic acids is 2. The van der Waals surface area contributed by atoms with Crippen molar-refractivity contribution in [2.75, 3.05) is 13.1 Å². The Morgan fingerprint density at radius 1 is 1.53 bits per heavy atom. The first-order valence-electron chi connectivity index (χ1n) is 6.22. The number of aromatic nitrogens is 2. The maximum Gasteiger partial charge on any atom is 0.347 e. The summed E-state index contributed by atoms with van der Waals surface area (Å²) in [5, 5.41) is 2.73. The van der Waals surface area contributed by atoms with Gasteiger partial charge in [-0.3, -0.25) is 14.2 Å². The normalized spacial score (nSPS) is 19.1. The Kier molecular flexibility index (Phi) is 3.94. The van der Waals surface area contributed by atoms with Gasteiger partial charge in [-0.2, -0.15) is 0 Å². The molecule has 0 saturated carbocycles. The second kappa shape index (κ2) is 5.64. The van der Waals surface area contributed by atoms with Crippen molar-refractivity contribution in [2.45, 2.75) is 25.9 Å². The van der Waals surface area contributed by atoms with Gasteiger partial charge in [-0.1, -0.05) is 6.92 Å². The number of amides is 2. The summed E-state index contributed by atoms with van der Waals surface area (Å²) in [6, 6.07) is 1.14. The van der Waals surface area contributed by atoms with Crippen LogP contribution in [-0.4, -0.2) is 45.4 Å². The van der Waals surface area contributed by atoms with Gasteiger partial charge in [0.2, 0.25) is 11.8 Å². The highest BCUT2D eigenvalue weighted by Gasteiger charge is 2.31. The fourth-order valence-corrected chi connectivity index (χ4v) is 2.16. The van der Waals surface area contributed by atoms with E-state index in [0.29, 0.717) is 19.5 Å². The van der Waals surface area contributed by atoms with E-state index < -0.39 is 11.7 Å². The molecule has 0 aliphatic carbocycles. The predicted molar refractivity (Wildman–Crippen MR) is 67.3 cm³/mol. The molecule has 0 radical (unpaired) electrons. The topological polar surface area (TPSA) is 84.3 Å². The van der Waals surface area contributed by atoms with Crippen LogP contribution in [0.5, 0.6) is 0 Å². The van der Waals surface area contributed by atoms with Crippen molar-refractivity contribution in [3.63, 3.8) is 0 Å². The molecular weight excluding hydrogens is 248 g/mol. The lowest BCUT2D eigenvalue weighted by atomic mass is 10.1. The molecule has 2 amide bonds. The summed E-state index contributed by atoms with van der Waals surface area (Å²) in [5.41, 5.74) is -0.467. The van der Waals surface area contributed by atoms with E-state index in [2.05, 4.69) is 10.3 Å². The Morgan fingerprint density at radius 2 is 2.32 bits per heavy atom. The molecule has 0 spiro atoms. The molecule has 1 aromatic rings. The molecule has 0 aromatic carbocycles. The average Bonchev–Trinajstić information content (AvgIpc) is 2.41. The molecular formula is C12H16N4O3. The molecule has 1 fully saturated rings. The third-order valence-electron chi connectivity index (χ3n) is 3.13. The van der Waals surface area contributed by atoms with Crippen molar-refractivity contribution in [1.29, 1.82) is 0 Å². The average molecular weight is 264 g/mol. The lowest BCUT2D eigenvalue weighted by Crippen LogP contribution is -2.57. The van der Waals surface area contributed by atoms with E-state index in [0.717, 1.165) is 0 Å². The molecule has 1 unspecified atom stereocenters. The SMILES string of the molecule is CCC1C(=O)NCCN1C(=O)Cn1cccnc1=O. The Bertz CT molecular complexity index is 540. The fourth-order valence-electron chi connectivity index (χ4n) is 2.16. The summed E-state index contributed by atoms with van der Waals surface area (Å²) >= 11 is 0. The van der Waals surface area contributed by atoms with Crippen LogP contribution in [-0.2, 0) is 16.1 Å². The first-order chi connectivity index (χ1) is 9.13. The molecule has 2 rings (SSSR count). The van der Waals surface area contributed by atoms with Gasteiger partial charge >= 0.3 is 5.69 Å². The number of nitrogens with zero attached hydrogens (tertiary/aromatic N) is 3. The molecule has 1 aromatic heterocycles. The van der Waals surface area contributed by atoms with E-state index in [4.69, 9.17) is 0 Å². The van der Waals surface area contributed by atoms with Gasteiger partial charge in [0.1, 0.15) is 12.6 Å². The van der Waals surface area contributed by atoms with E-state index in [-0.39, 0.29) is 18.4 Å². The van der Waals surface area contributed by atoms with Crippen LogP contribution < -0.4 is 11.0 Å². The maximum absolute atomic E-state index is 12.2. The number of rotatable bonds is 3. The third kappa shape index (κ3) is 2.81. The summed E-state index contributed by atoms with van der Waals surface area (Å²) in [6.45, 7) is 2.68. The summed E-state index contributed by atoms with van der Waals surface area (Å²) in [5.74, 6) is -0.377. The van der Waals surface area contributed by atoms with Crippen molar-refractivity contribution >= 4 is 11.8 Å². The number of carbonyl (C=O) groups is 2. The van der Waals surface area contributed by atoms with Crippen LogP contribution in [0.25, 0.3) is 0 Å². The van der Waals surface area contributed by atoms with Gasteiger partial charge in [-0.25, -0.2) is 9.78 Å². The molecule has 1 atom stereocenters. The minimum Gasteiger partial charge on any atom is -0.353 e. The van der Waals surface area contributed by atoms with Crippen LogP contribution >= 0.6 is 0 Å². The molecule has 2 heterocycles. The van der Waals surface area contributed by atoms with Crippen molar-refractivity contribution in [2.24, 2.45) is 0 Å². The Hall–Kier alpha value is -2.18. The van der Waals surface area contributed by atoms with Crippen molar-refractivity contribution in [3.8, 4) is 0 Å². The van der Waals surface area contributed by atoms with Gasteiger partial charge in [0, 0.05) is 25.5 Å². The lowest BCUT2D eigenvalue weighted by molar-refractivity contribution is -0.143. The third-order valence-corrected chi connectivity index (χ3v) is 3.13. The summed E-state index contributed by atoms with van der Waals surface area (Å²) in [7, 11) is 0. The van der Waals surface area contributed by atoms with Crippen molar-refractivity contribution < 1.29 is 9.59 Å². The molecule has 1 saturated heterocycles. The molecule has 0 bridgehead atoms. The first-order valence-corrected chi connectivity index (χ1v) is 6.22. The number of hydrogen-bond donors (Lipinski definition) is 1. The second-order valence-electron chi connectivity index (χ2n) is 4.33. The monoisotopic (exact) mass is 264 g/mol. The first kappa shape index (κ1) is 13.3. The van der Waals surface area contributed by atoms with Crippen LogP contribution in [0.15, 0.2) is 23.3 Å². The molecule has 1 aliphatic heterocycles. The minimum absolute atomic E-state index is 0.0869. The largest absolute Gasteiger partial charge is 0.353 e. The zero-order valence-electron chi connectivity index (χ0n) is 10.7. The quantitative estimate of drug-likeness (QED) is 0.757. The molecule has 102 valence electrons. The smallest absolute Gasteiger partial charge is 0.347 e. The highest BCUT2D eigenvalue weighted by atomic mass is 16.2. The number of piperazine rings is 1. The van der Waals surface area contributed by atoms with Crippen LogP contribution in [0.4, 0.5) is 0 Å². The van der Waals surface area contributed by atoms with Crippen LogP contribution in [0, 0.1) is 0 Å². The highest BCUT2D eigenvalue weighted by Crippen LogP contribution is 2.09. The minimum atomic E-state index is -0.467.